The highest BCUT2D eigenvalue weighted by atomic mass is 16.5. The molecular formula is C12H18N2O4. The van der Waals surface area contributed by atoms with Gasteiger partial charge in [-0.3, -0.25) is 9.69 Å². The van der Waals surface area contributed by atoms with Crippen LogP contribution in [0, 0.1) is 0 Å². The van der Waals surface area contributed by atoms with Crippen molar-refractivity contribution in [2.45, 2.75) is 12.6 Å². The molecule has 0 aliphatic carbocycles. The van der Waals surface area contributed by atoms with Crippen molar-refractivity contribution in [3.8, 4) is 5.75 Å². The minimum atomic E-state index is -0.416. The van der Waals surface area contributed by atoms with Gasteiger partial charge in [0.2, 0.25) is 5.43 Å². The lowest BCUT2D eigenvalue weighted by atomic mass is 10.2. The molecule has 0 amide bonds. The van der Waals surface area contributed by atoms with E-state index in [1.165, 1.54) is 6.07 Å². The maximum atomic E-state index is 11.2. The monoisotopic (exact) mass is 254 g/mol. The summed E-state index contributed by atoms with van der Waals surface area (Å²) in [6, 6.07) is 1.31. The van der Waals surface area contributed by atoms with Gasteiger partial charge in [-0.25, -0.2) is 0 Å². The first-order valence-corrected chi connectivity index (χ1v) is 5.96. The molecule has 2 N–H and O–H groups in total. The van der Waals surface area contributed by atoms with Crippen LogP contribution in [0.4, 0.5) is 0 Å². The molecule has 1 atom stereocenters. The fourth-order valence-corrected chi connectivity index (χ4v) is 1.94. The number of nitrogens with one attached hydrogen (secondary N) is 1. The van der Waals surface area contributed by atoms with Gasteiger partial charge in [-0.15, -0.1) is 0 Å². The van der Waals surface area contributed by atoms with Gasteiger partial charge < -0.3 is 19.6 Å². The van der Waals surface area contributed by atoms with Crippen molar-refractivity contribution >= 4 is 0 Å². The number of morpholine rings is 1. The van der Waals surface area contributed by atoms with E-state index in [0.717, 1.165) is 32.5 Å². The lowest BCUT2D eigenvalue weighted by molar-refractivity contribution is 0.00787. The molecule has 6 nitrogen and oxygen atoms in total. The van der Waals surface area contributed by atoms with Crippen molar-refractivity contribution in [3.63, 3.8) is 0 Å². The van der Waals surface area contributed by atoms with Gasteiger partial charge in [0.1, 0.15) is 12.0 Å². The van der Waals surface area contributed by atoms with Gasteiger partial charge in [-0.05, 0) is 7.05 Å². The topological polar surface area (TPSA) is 74.9 Å². The van der Waals surface area contributed by atoms with Gasteiger partial charge in [0.15, 0.2) is 5.75 Å². The molecule has 6 heteroatoms. The molecule has 1 saturated heterocycles. The van der Waals surface area contributed by atoms with Crippen LogP contribution in [0.3, 0.4) is 0 Å². The third kappa shape index (κ3) is 3.56. The van der Waals surface area contributed by atoms with Crippen LogP contribution < -0.4 is 10.7 Å². The Labute approximate surface area is 105 Å². The lowest BCUT2D eigenvalue weighted by Crippen LogP contribution is -2.44. The summed E-state index contributed by atoms with van der Waals surface area (Å²) in [4.78, 5) is 13.3. The maximum Gasteiger partial charge on any atom is 0.226 e. The number of likely N-dealkylation sites (N-methyl/N-ethyl adjacent to an activating group) is 1. The molecule has 0 bridgehead atoms. The summed E-state index contributed by atoms with van der Waals surface area (Å²) in [5.74, 6) is 0.172. The summed E-state index contributed by atoms with van der Waals surface area (Å²) < 4.78 is 10.7. The minimum absolute atomic E-state index is 0.160. The average Bonchev–Trinajstić information content (AvgIpc) is 2.35. The molecule has 1 unspecified atom stereocenters. The normalized spacial score (nSPS) is 20.2. The summed E-state index contributed by atoms with van der Waals surface area (Å²) >= 11 is 0. The van der Waals surface area contributed by atoms with Gasteiger partial charge in [0.05, 0.1) is 19.3 Å². The second-order valence-electron chi connectivity index (χ2n) is 4.49. The van der Waals surface area contributed by atoms with Crippen LogP contribution in [0.2, 0.25) is 0 Å². The van der Waals surface area contributed by atoms with E-state index in [4.69, 9.17) is 14.3 Å². The van der Waals surface area contributed by atoms with Crippen molar-refractivity contribution in [1.82, 2.24) is 10.2 Å². The summed E-state index contributed by atoms with van der Waals surface area (Å²) in [7, 11) is 1.94. The highest BCUT2D eigenvalue weighted by Gasteiger charge is 2.16. The predicted octanol–water partition coefficient (Wildman–Crippen LogP) is -0.234. The molecule has 1 aromatic heterocycles. The van der Waals surface area contributed by atoms with Gasteiger partial charge in [0.25, 0.3) is 0 Å². The van der Waals surface area contributed by atoms with E-state index in [2.05, 4.69) is 5.32 Å². The van der Waals surface area contributed by atoms with Crippen LogP contribution >= 0.6 is 0 Å². The summed E-state index contributed by atoms with van der Waals surface area (Å²) in [5, 5.41) is 12.4. The molecule has 100 valence electrons. The molecule has 18 heavy (non-hydrogen) atoms. The fourth-order valence-electron chi connectivity index (χ4n) is 1.94. The van der Waals surface area contributed by atoms with Crippen LogP contribution in [0.15, 0.2) is 21.5 Å². The molecule has 1 aromatic rings. The van der Waals surface area contributed by atoms with Crippen molar-refractivity contribution in [1.29, 1.82) is 0 Å². The Morgan fingerprint density at radius 2 is 2.44 bits per heavy atom. The predicted molar refractivity (Wildman–Crippen MR) is 65.6 cm³/mol. The van der Waals surface area contributed by atoms with Crippen molar-refractivity contribution in [3.05, 3.63) is 28.3 Å². The van der Waals surface area contributed by atoms with Gasteiger partial charge in [0, 0.05) is 25.7 Å². The Morgan fingerprint density at radius 3 is 3.11 bits per heavy atom. The largest absolute Gasteiger partial charge is 0.502 e. The van der Waals surface area contributed by atoms with E-state index in [9.17, 15) is 4.79 Å². The zero-order valence-electron chi connectivity index (χ0n) is 10.4. The molecule has 1 aliphatic heterocycles. The smallest absolute Gasteiger partial charge is 0.226 e. The first-order valence-electron chi connectivity index (χ1n) is 5.96. The summed E-state index contributed by atoms with van der Waals surface area (Å²) in [5.41, 5.74) is -0.416. The number of hydrogen-bond donors (Lipinski definition) is 2. The van der Waals surface area contributed by atoms with Crippen molar-refractivity contribution < 1.29 is 14.3 Å². The number of hydrogen-bond acceptors (Lipinski definition) is 6. The Hall–Kier alpha value is -1.37. The highest BCUT2D eigenvalue weighted by molar-refractivity contribution is 5.15. The van der Waals surface area contributed by atoms with E-state index in [1.54, 1.807) is 0 Å². The fraction of sp³-hybridized carbons (Fsp3) is 0.583. The highest BCUT2D eigenvalue weighted by Crippen LogP contribution is 2.07. The van der Waals surface area contributed by atoms with Crippen LogP contribution in [0.5, 0.6) is 5.75 Å². The van der Waals surface area contributed by atoms with E-state index < -0.39 is 5.43 Å². The van der Waals surface area contributed by atoms with Crippen molar-refractivity contribution in [2.24, 2.45) is 0 Å². The Morgan fingerprint density at radius 1 is 1.61 bits per heavy atom. The van der Waals surface area contributed by atoms with Gasteiger partial charge >= 0.3 is 0 Å². The lowest BCUT2D eigenvalue weighted by Gasteiger charge is -2.27. The van der Waals surface area contributed by atoms with E-state index in [0.29, 0.717) is 12.3 Å². The van der Waals surface area contributed by atoms with Gasteiger partial charge in [-0.1, -0.05) is 0 Å². The first-order chi connectivity index (χ1) is 8.65. The third-order valence-corrected chi connectivity index (χ3v) is 2.81. The van der Waals surface area contributed by atoms with E-state index in [-0.39, 0.29) is 11.9 Å². The number of rotatable bonds is 4. The molecule has 0 radical (unpaired) electrons. The summed E-state index contributed by atoms with van der Waals surface area (Å²) in [6.45, 7) is 3.73. The van der Waals surface area contributed by atoms with Crippen LogP contribution in [-0.2, 0) is 11.3 Å². The van der Waals surface area contributed by atoms with Crippen molar-refractivity contribution in [2.75, 3.05) is 33.3 Å². The molecule has 2 rings (SSSR count). The molecule has 2 heterocycles. The Kier molecular flexibility index (Phi) is 4.35. The van der Waals surface area contributed by atoms with E-state index in [1.807, 2.05) is 11.9 Å². The quantitative estimate of drug-likeness (QED) is 0.773. The molecule has 1 aliphatic rings. The Bertz CT molecular complexity index is 440. The SMILES string of the molecule is CN(Cc1cc(=O)c(O)co1)CC1CNCCO1. The molecule has 1 fully saturated rings. The zero-order valence-corrected chi connectivity index (χ0v) is 10.4. The Balaban J connectivity index is 1.87. The van der Waals surface area contributed by atoms with Crippen LogP contribution in [-0.4, -0.2) is 49.4 Å². The molecule has 0 spiro atoms. The van der Waals surface area contributed by atoms with Crippen LogP contribution in [0.1, 0.15) is 5.76 Å². The van der Waals surface area contributed by atoms with Crippen LogP contribution in [0.25, 0.3) is 0 Å². The minimum Gasteiger partial charge on any atom is -0.502 e. The average molecular weight is 254 g/mol. The summed E-state index contributed by atoms with van der Waals surface area (Å²) in [6.07, 6.45) is 1.23. The maximum absolute atomic E-state index is 11.2. The first kappa shape index (κ1) is 13.1. The third-order valence-electron chi connectivity index (χ3n) is 2.81. The molecular weight excluding hydrogens is 236 g/mol. The second-order valence-corrected chi connectivity index (χ2v) is 4.49. The number of ether oxygens (including phenoxy) is 1. The second kappa shape index (κ2) is 5.99. The number of nitrogens with zero attached hydrogens (tertiary/aromatic N) is 1. The molecule has 0 aromatic carbocycles. The van der Waals surface area contributed by atoms with E-state index >= 15 is 0 Å². The zero-order chi connectivity index (χ0) is 13.0. The number of aromatic hydroxyl groups is 1. The molecule has 0 saturated carbocycles. The van der Waals surface area contributed by atoms with Gasteiger partial charge in [-0.2, -0.15) is 0 Å². The standard InChI is InChI=1S/C12H18N2O4/c1-14(7-10-5-13-2-3-17-10)6-9-4-11(15)12(16)8-18-9/h4,8,10,13,16H,2-3,5-7H2,1H3.